The molecule has 24 heavy (non-hydrogen) atoms. The Hall–Kier alpha value is -0.940. The van der Waals surface area contributed by atoms with Gasteiger partial charge in [0.15, 0.2) is 0 Å². The van der Waals surface area contributed by atoms with E-state index in [9.17, 15) is 15.3 Å². The van der Waals surface area contributed by atoms with Crippen molar-refractivity contribution in [2.75, 3.05) is 6.61 Å². The minimum atomic E-state index is -0.935. The van der Waals surface area contributed by atoms with Crippen molar-refractivity contribution in [1.82, 2.24) is 0 Å². The molecule has 2 heterocycles. The molecule has 0 aromatic heterocycles. The molecule has 2 bridgehead atoms. The van der Waals surface area contributed by atoms with E-state index in [-0.39, 0.29) is 24.7 Å². The van der Waals surface area contributed by atoms with Crippen LogP contribution in [-0.4, -0.2) is 45.8 Å². The summed E-state index contributed by atoms with van der Waals surface area (Å²) in [4.78, 5) is 0. The quantitative estimate of drug-likeness (QED) is 0.678. The third kappa shape index (κ3) is 4.57. The molecule has 0 aromatic rings. The molecule has 2 aliphatic heterocycles. The molecule has 4 heteroatoms. The lowest BCUT2D eigenvalue weighted by Gasteiger charge is -2.41. The zero-order valence-corrected chi connectivity index (χ0v) is 15.0. The second-order valence-electron chi connectivity index (χ2n) is 7.67. The maximum absolute atomic E-state index is 10.9. The topological polar surface area (TPSA) is 69.9 Å². The van der Waals surface area contributed by atoms with Crippen LogP contribution >= 0.6 is 0 Å². The van der Waals surface area contributed by atoms with Crippen LogP contribution in [0.1, 0.15) is 52.4 Å². The molecule has 0 amide bonds. The van der Waals surface area contributed by atoms with Gasteiger partial charge in [0, 0.05) is 5.92 Å². The smallest absolute Gasteiger partial charge is 0.0880 e. The summed E-state index contributed by atoms with van der Waals surface area (Å²) in [6.07, 6.45) is 4.88. The monoisotopic (exact) mass is 336 g/mol. The van der Waals surface area contributed by atoms with E-state index in [4.69, 9.17) is 4.74 Å². The first-order valence-electron chi connectivity index (χ1n) is 8.94. The van der Waals surface area contributed by atoms with Crippen LogP contribution in [0.25, 0.3) is 0 Å². The number of hydrogen-bond donors (Lipinski definition) is 3. The van der Waals surface area contributed by atoms with Crippen molar-refractivity contribution in [1.29, 1.82) is 0 Å². The third-order valence-corrected chi connectivity index (χ3v) is 5.55. The van der Waals surface area contributed by atoms with Crippen molar-refractivity contribution >= 4 is 0 Å². The Morgan fingerprint density at radius 2 is 2.04 bits per heavy atom. The van der Waals surface area contributed by atoms with E-state index in [1.54, 1.807) is 6.08 Å². The van der Waals surface area contributed by atoms with Crippen LogP contribution in [0.4, 0.5) is 0 Å². The van der Waals surface area contributed by atoms with Gasteiger partial charge in [-0.1, -0.05) is 24.8 Å². The van der Waals surface area contributed by atoms with Gasteiger partial charge in [0.25, 0.3) is 0 Å². The first-order valence-corrected chi connectivity index (χ1v) is 8.94. The zero-order valence-electron chi connectivity index (χ0n) is 15.0. The van der Waals surface area contributed by atoms with Gasteiger partial charge in [-0.05, 0) is 63.5 Å². The molecule has 0 spiro atoms. The van der Waals surface area contributed by atoms with E-state index < -0.39 is 11.7 Å². The van der Waals surface area contributed by atoms with Crippen molar-refractivity contribution in [2.24, 2.45) is 5.92 Å². The summed E-state index contributed by atoms with van der Waals surface area (Å²) < 4.78 is 6.16. The van der Waals surface area contributed by atoms with Crippen LogP contribution < -0.4 is 0 Å². The van der Waals surface area contributed by atoms with Gasteiger partial charge in [-0.3, -0.25) is 0 Å². The Balaban J connectivity index is 2.30. The predicted molar refractivity (Wildman–Crippen MR) is 95.6 cm³/mol. The van der Waals surface area contributed by atoms with Crippen LogP contribution in [0.2, 0.25) is 0 Å². The molecule has 0 saturated carbocycles. The van der Waals surface area contributed by atoms with Crippen LogP contribution in [-0.2, 0) is 4.74 Å². The lowest BCUT2D eigenvalue weighted by Crippen LogP contribution is -2.46. The molecule has 1 fully saturated rings. The number of hydrogen-bond acceptors (Lipinski definition) is 4. The molecule has 2 aliphatic rings. The number of rotatable bonds is 2. The van der Waals surface area contributed by atoms with Gasteiger partial charge < -0.3 is 20.1 Å². The average molecular weight is 336 g/mol. The minimum absolute atomic E-state index is 0.0691. The van der Waals surface area contributed by atoms with Crippen LogP contribution in [0.3, 0.4) is 0 Å². The van der Waals surface area contributed by atoms with Crippen molar-refractivity contribution in [2.45, 2.75) is 76.3 Å². The Labute approximate surface area is 145 Å². The summed E-state index contributed by atoms with van der Waals surface area (Å²) in [5.74, 6) is -0.133. The number of aliphatic hydroxyl groups is 3. The van der Waals surface area contributed by atoms with E-state index in [1.165, 1.54) is 0 Å². The van der Waals surface area contributed by atoms with Crippen LogP contribution in [0.15, 0.2) is 36.0 Å². The Morgan fingerprint density at radius 1 is 1.33 bits per heavy atom. The van der Waals surface area contributed by atoms with E-state index >= 15 is 0 Å². The molecule has 2 rings (SSSR count). The number of aliphatic hydroxyl groups excluding tert-OH is 2. The Morgan fingerprint density at radius 3 is 2.67 bits per heavy atom. The maximum Gasteiger partial charge on any atom is 0.0880 e. The Kier molecular flexibility index (Phi) is 6.43. The molecule has 4 nitrogen and oxygen atoms in total. The highest BCUT2D eigenvalue weighted by molar-refractivity contribution is 5.15. The minimum Gasteiger partial charge on any atom is -0.392 e. The summed E-state index contributed by atoms with van der Waals surface area (Å²) >= 11 is 0. The lowest BCUT2D eigenvalue weighted by molar-refractivity contribution is -0.139. The highest BCUT2D eigenvalue weighted by Gasteiger charge is 2.39. The number of fused-ring (bicyclic) bond motifs is 2. The summed E-state index contributed by atoms with van der Waals surface area (Å²) in [6.45, 7) is 11.8. The molecule has 0 radical (unpaired) electrons. The first-order chi connectivity index (χ1) is 11.2. The zero-order chi connectivity index (χ0) is 17.9. The highest BCUT2D eigenvalue weighted by Crippen LogP contribution is 2.36. The summed E-state index contributed by atoms with van der Waals surface area (Å²) in [5, 5.41) is 31.1. The van der Waals surface area contributed by atoms with E-state index in [1.807, 2.05) is 13.8 Å². The normalized spacial score (nSPS) is 40.9. The first kappa shape index (κ1) is 19.4. The van der Waals surface area contributed by atoms with E-state index in [2.05, 4.69) is 13.2 Å². The summed E-state index contributed by atoms with van der Waals surface area (Å²) in [5.41, 5.74) is 1.82. The average Bonchev–Trinajstić information content (AvgIpc) is 2.51. The van der Waals surface area contributed by atoms with Gasteiger partial charge in [-0.25, -0.2) is 0 Å². The standard InChI is InChI=1S/C20H32O4/c1-13(2)16-9-10-20(4,23)19-8-5-14(3)18(24-19)7-6-15(12-21)11-17(16)22/h11,16-19,21-23H,1,3,5-10,12H2,2,4H3/b15-11+/t16-,17+,18-,19-,20-/m1/s1. The summed E-state index contributed by atoms with van der Waals surface area (Å²) in [7, 11) is 0. The molecule has 5 atom stereocenters. The fraction of sp³-hybridized carbons (Fsp3) is 0.700. The molecule has 0 aliphatic carbocycles. The van der Waals surface area contributed by atoms with E-state index in [0.717, 1.165) is 29.6 Å². The molecule has 1 saturated heterocycles. The van der Waals surface area contributed by atoms with Gasteiger partial charge in [0.05, 0.1) is 30.5 Å². The lowest BCUT2D eigenvalue weighted by atomic mass is 9.80. The van der Waals surface area contributed by atoms with Gasteiger partial charge >= 0.3 is 0 Å². The predicted octanol–water partition coefficient (Wildman–Crippen LogP) is 2.89. The fourth-order valence-electron chi connectivity index (χ4n) is 3.78. The van der Waals surface area contributed by atoms with Gasteiger partial charge in [0.1, 0.15) is 0 Å². The maximum atomic E-state index is 10.9. The second kappa shape index (κ2) is 7.96. The van der Waals surface area contributed by atoms with Crippen molar-refractivity contribution < 1.29 is 20.1 Å². The van der Waals surface area contributed by atoms with Crippen molar-refractivity contribution in [3.05, 3.63) is 36.0 Å². The second-order valence-corrected chi connectivity index (χ2v) is 7.67. The molecule has 0 aromatic carbocycles. The van der Waals surface area contributed by atoms with Gasteiger partial charge in [-0.15, -0.1) is 0 Å². The van der Waals surface area contributed by atoms with Crippen LogP contribution in [0, 0.1) is 5.92 Å². The molecular formula is C20H32O4. The molecule has 0 unspecified atom stereocenters. The van der Waals surface area contributed by atoms with Crippen molar-refractivity contribution in [3.63, 3.8) is 0 Å². The molecular weight excluding hydrogens is 304 g/mol. The SMILES string of the molecule is C=C(C)[C@H]1CC[C@@](C)(O)[C@H]2CCC(=C)[C@@H](CC/C(CO)=C\[C@@H]1O)O2. The van der Waals surface area contributed by atoms with Gasteiger partial charge in [-0.2, -0.15) is 0 Å². The van der Waals surface area contributed by atoms with Crippen molar-refractivity contribution in [3.8, 4) is 0 Å². The third-order valence-electron chi connectivity index (χ3n) is 5.55. The number of ether oxygens (including phenoxy) is 1. The fourth-order valence-corrected chi connectivity index (χ4v) is 3.78. The molecule has 3 N–H and O–H groups in total. The molecule has 136 valence electrons. The largest absolute Gasteiger partial charge is 0.392 e. The Bertz CT molecular complexity index is 506. The van der Waals surface area contributed by atoms with Gasteiger partial charge in [0.2, 0.25) is 0 Å². The van der Waals surface area contributed by atoms with E-state index in [0.29, 0.717) is 25.7 Å². The highest BCUT2D eigenvalue weighted by atomic mass is 16.5. The van der Waals surface area contributed by atoms with Crippen LogP contribution in [0.5, 0.6) is 0 Å². The summed E-state index contributed by atoms with van der Waals surface area (Å²) in [6, 6.07) is 0.